The van der Waals surface area contributed by atoms with Gasteiger partial charge in [-0.2, -0.15) is 0 Å². The van der Waals surface area contributed by atoms with E-state index in [9.17, 15) is 9.90 Å². The minimum atomic E-state index is -0.891. The minimum Gasteiger partial charge on any atom is -0.508 e. The van der Waals surface area contributed by atoms with Crippen molar-refractivity contribution in [1.82, 2.24) is 0 Å². The highest BCUT2D eigenvalue weighted by Crippen LogP contribution is 2.41. The molecule has 0 atom stereocenters. The number of anilines is 1. The molecular weight excluding hydrogens is 246 g/mol. The van der Waals surface area contributed by atoms with E-state index in [0.29, 0.717) is 18.0 Å². The second-order valence-corrected chi connectivity index (χ2v) is 4.89. The number of nitrogens with zero attached hydrogens (tertiary/aromatic N) is 1. The summed E-state index contributed by atoms with van der Waals surface area (Å²) in [5.74, 6) is -0.149. The number of benzene rings is 1. The average molecular weight is 265 g/mol. The summed E-state index contributed by atoms with van der Waals surface area (Å²) in [6.07, 6.45) is 1.61. The first kappa shape index (κ1) is 13.5. The fraction of sp³-hybridized carbons (Fsp3) is 0.500. The summed E-state index contributed by atoms with van der Waals surface area (Å²) in [6.45, 7) is 4.49. The molecule has 5 heteroatoms. The number of aliphatic carboxylic acids is 1. The standard InChI is InChI=1S/C14H19NO4/c1-3-14(4-2)9-15(8-13(17)18)11-7-10(16)5-6-12(11)19-14/h5-7,16H,3-4,8-9H2,1-2H3,(H,17,18). The first-order chi connectivity index (χ1) is 8.99. The fourth-order valence-electron chi connectivity index (χ4n) is 2.46. The molecule has 1 heterocycles. The number of rotatable bonds is 4. The quantitative estimate of drug-likeness (QED) is 0.873. The van der Waals surface area contributed by atoms with E-state index in [1.807, 2.05) is 13.8 Å². The minimum absolute atomic E-state index is 0.0957. The molecule has 0 aliphatic carbocycles. The van der Waals surface area contributed by atoms with Gasteiger partial charge in [-0.25, -0.2) is 0 Å². The third-order valence-electron chi connectivity index (χ3n) is 3.70. The predicted octanol–water partition coefficient (Wildman–Crippen LogP) is 2.23. The summed E-state index contributed by atoms with van der Waals surface area (Å²) >= 11 is 0. The van der Waals surface area contributed by atoms with E-state index in [0.717, 1.165) is 12.8 Å². The lowest BCUT2D eigenvalue weighted by Gasteiger charge is -2.43. The summed E-state index contributed by atoms with van der Waals surface area (Å²) < 4.78 is 6.04. The average Bonchev–Trinajstić information content (AvgIpc) is 2.38. The van der Waals surface area contributed by atoms with Crippen molar-refractivity contribution in [3.05, 3.63) is 18.2 Å². The van der Waals surface area contributed by atoms with Crippen LogP contribution in [0.25, 0.3) is 0 Å². The van der Waals surface area contributed by atoms with Gasteiger partial charge in [0.15, 0.2) is 0 Å². The monoisotopic (exact) mass is 265 g/mol. The number of fused-ring (bicyclic) bond motifs is 1. The van der Waals surface area contributed by atoms with Crippen LogP contribution in [0, 0.1) is 0 Å². The largest absolute Gasteiger partial charge is 0.508 e. The predicted molar refractivity (Wildman–Crippen MR) is 71.9 cm³/mol. The summed E-state index contributed by atoms with van der Waals surface area (Å²) in [5, 5.41) is 18.6. The number of ether oxygens (including phenoxy) is 1. The van der Waals surface area contributed by atoms with Crippen LogP contribution in [0.2, 0.25) is 0 Å². The van der Waals surface area contributed by atoms with Gasteiger partial charge in [-0.1, -0.05) is 13.8 Å². The molecule has 0 fully saturated rings. The van der Waals surface area contributed by atoms with E-state index in [1.165, 1.54) is 0 Å². The highest BCUT2D eigenvalue weighted by molar-refractivity contribution is 5.76. The van der Waals surface area contributed by atoms with Gasteiger partial charge in [0.05, 0.1) is 12.2 Å². The van der Waals surface area contributed by atoms with Crippen molar-refractivity contribution in [3.8, 4) is 11.5 Å². The van der Waals surface area contributed by atoms with Gasteiger partial charge in [0.1, 0.15) is 23.6 Å². The molecule has 0 saturated heterocycles. The van der Waals surface area contributed by atoms with Crippen molar-refractivity contribution >= 4 is 11.7 Å². The van der Waals surface area contributed by atoms with Crippen LogP contribution in [-0.2, 0) is 4.79 Å². The van der Waals surface area contributed by atoms with Crippen LogP contribution >= 0.6 is 0 Å². The fourth-order valence-corrected chi connectivity index (χ4v) is 2.46. The number of carboxylic acids is 1. The van der Waals surface area contributed by atoms with E-state index >= 15 is 0 Å². The Kier molecular flexibility index (Phi) is 3.55. The van der Waals surface area contributed by atoms with Crippen molar-refractivity contribution < 1.29 is 19.7 Å². The lowest BCUT2D eigenvalue weighted by atomic mass is 9.94. The van der Waals surface area contributed by atoms with Crippen LogP contribution in [-0.4, -0.2) is 34.9 Å². The summed E-state index contributed by atoms with van der Waals surface area (Å²) in [5.41, 5.74) is 0.277. The molecule has 0 spiro atoms. The van der Waals surface area contributed by atoms with Crippen LogP contribution in [0.5, 0.6) is 11.5 Å². The number of phenolic OH excluding ortho intramolecular Hbond substituents is 1. The van der Waals surface area contributed by atoms with Gasteiger partial charge in [-0.05, 0) is 25.0 Å². The van der Waals surface area contributed by atoms with Crippen LogP contribution in [0.1, 0.15) is 26.7 Å². The van der Waals surface area contributed by atoms with Crippen LogP contribution < -0.4 is 9.64 Å². The second-order valence-electron chi connectivity index (χ2n) is 4.89. The number of phenols is 1. The number of hydrogen-bond acceptors (Lipinski definition) is 4. The van der Waals surface area contributed by atoms with E-state index < -0.39 is 5.97 Å². The molecule has 5 nitrogen and oxygen atoms in total. The summed E-state index contributed by atoms with van der Waals surface area (Å²) in [7, 11) is 0. The normalized spacial score (nSPS) is 16.6. The molecule has 0 unspecified atom stereocenters. The van der Waals surface area contributed by atoms with Gasteiger partial charge in [0, 0.05) is 6.07 Å². The third kappa shape index (κ3) is 2.59. The smallest absolute Gasteiger partial charge is 0.323 e. The zero-order chi connectivity index (χ0) is 14.0. The maximum Gasteiger partial charge on any atom is 0.323 e. The van der Waals surface area contributed by atoms with Gasteiger partial charge >= 0.3 is 5.97 Å². The van der Waals surface area contributed by atoms with Crippen molar-refractivity contribution in [3.63, 3.8) is 0 Å². The van der Waals surface area contributed by atoms with Gasteiger partial charge in [-0.3, -0.25) is 4.79 Å². The molecule has 1 aliphatic heterocycles. The molecule has 0 saturated carbocycles. The van der Waals surface area contributed by atoms with Crippen molar-refractivity contribution in [2.75, 3.05) is 18.0 Å². The third-order valence-corrected chi connectivity index (χ3v) is 3.70. The van der Waals surface area contributed by atoms with E-state index in [2.05, 4.69) is 0 Å². The Labute approximate surface area is 112 Å². The van der Waals surface area contributed by atoms with Crippen LogP contribution in [0.15, 0.2) is 18.2 Å². The van der Waals surface area contributed by atoms with Crippen molar-refractivity contribution in [2.45, 2.75) is 32.3 Å². The Morgan fingerprint density at radius 2 is 2.11 bits per heavy atom. The molecule has 2 rings (SSSR count). The molecule has 1 aliphatic rings. The molecule has 2 N–H and O–H groups in total. The summed E-state index contributed by atoms with van der Waals surface area (Å²) in [4.78, 5) is 12.8. The molecule has 19 heavy (non-hydrogen) atoms. The van der Waals surface area contributed by atoms with E-state index in [1.54, 1.807) is 23.1 Å². The SMILES string of the molecule is CCC1(CC)CN(CC(=O)O)c2cc(O)ccc2O1. The molecule has 1 aromatic rings. The maximum absolute atomic E-state index is 11.0. The zero-order valence-electron chi connectivity index (χ0n) is 11.2. The molecule has 104 valence electrons. The molecule has 0 amide bonds. The van der Waals surface area contributed by atoms with E-state index in [-0.39, 0.29) is 17.9 Å². The lowest BCUT2D eigenvalue weighted by molar-refractivity contribution is -0.135. The molecule has 0 radical (unpaired) electrons. The first-order valence-corrected chi connectivity index (χ1v) is 6.48. The number of aromatic hydroxyl groups is 1. The van der Waals surface area contributed by atoms with Crippen LogP contribution in [0.4, 0.5) is 5.69 Å². The molecular formula is C14H19NO4. The lowest BCUT2D eigenvalue weighted by Crippen LogP contribution is -2.51. The van der Waals surface area contributed by atoms with Crippen molar-refractivity contribution in [1.29, 1.82) is 0 Å². The number of carboxylic acid groups (broad SMARTS) is 1. The Morgan fingerprint density at radius 1 is 1.42 bits per heavy atom. The first-order valence-electron chi connectivity index (χ1n) is 6.48. The van der Waals surface area contributed by atoms with Crippen molar-refractivity contribution in [2.24, 2.45) is 0 Å². The van der Waals surface area contributed by atoms with Gasteiger partial charge in [0.25, 0.3) is 0 Å². The topological polar surface area (TPSA) is 70.0 Å². The van der Waals surface area contributed by atoms with E-state index in [4.69, 9.17) is 9.84 Å². The summed E-state index contributed by atoms with van der Waals surface area (Å²) in [6, 6.07) is 4.80. The Hall–Kier alpha value is -1.91. The molecule has 0 bridgehead atoms. The second kappa shape index (κ2) is 4.99. The number of hydrogen-bond donors (Lipinski definition) is 2. The Balaban J connectivity index is 2.42. The van der Waals surface area contributed by atoms with Gasteiger partial charge in [0.2, 0.25) is 0 Å². The highest BCUT2D eigenvalue weighted by Gasteiger charge is 2.37. The highest BCUT2D eigenvalue weighted by atomic mass is 16.5. The van der Waals surface area contributed by atoms with Crippen LogP contribution in [0.3, 0.4) is 0 Å². The van der Waals surface area contributed by atoms with Gasteiger partial charge < -0.3 is 19.8 Å². The Bertz CT molecular complexity index is 482. The maximum atomic E-state index is 11.0. The molecule has 0 aromatic heterocycles. The Morgan fingerprint density at radius 3 is 2.68 bits per heavy atom. The van der Waals surface area contributed by atoms with Gasteiger partial charge in [-0.15, -0.1) is 0 Å². The number of carbonyl (C=O) groups is 1. The molecule has 1 aromatic carbocycles. The zero-order valence-corrected chi connectivity index (χ0v) is 11.2.